The van der Waals surface area contributed by atoms with Gasteiger partial charge in [-0.05, 0) is 43.7 Å². The Morgan fingerprint density at radius 3 is 2.73 bits per heavy atom. The zero-order valence-corrected chi connectivity index (χ0v) is 14.9. The summed E-state index contributed by atoms with van der Waals surface area (Å²) in [5.41, 5.74) is 5.45. The topological polar surface area (TPSA) is 76.2 Å². The summed E-state index contributed by atoms with van der Waals surface area (Å²) in [5.74, 6) is -0.976. The highest BCUT2D eigenvalue weighted by atomic mass is 16.4. The summed E-state index contributed by atoms with van der Waals surface area (Å²) in [6, 6.07) is 12.1. The van der Waals surface area contributed by atoms with Gasteiger partial charge >= 0.3 is 5.97 Å². The largest absolute Gasteiger partial charge is 0.476 e. The highest BCUT2D eigenvalue weighted by molar-refractivity contribution is 5.85. The molecular weight excluding hydrogens is 330 g/mol. The molecule has 1 aliphatic rings. The van der Waals surface area contributed by atoms with E-state index in [9.17, 15) is 4.79 Å². The molecule has 1 aromatic carbocycles. The SMILES string of the molecule is Cc1cc(C)n(-c2cccc(CN3CCn4nc(C(=O)O)cc4C3)c2)n1. The van der Waals surface area contributed by atoms with E-state index in [4.69, 9.17) is 5.11 Å². The third-order valence-corrected chi connectivity index (χ3v) is 4.67. The van der Waals surface area contributed by atoms with E-state index in [0.717, 1.165) is 35.9 Å². The second-order valence-corrected chi connectivity index (χ2v) is 6.77. The number of aryl methyl sites for hydroxylation is 2. The highest BCUT2D eigenvalue weighted by Crippen LogP contribution is 2.19. The van der Waals surface area contributed by atoms with Crippen molar-refractivity contribution in [2.45, 2.75) is 33.5 Å². The molecule has 0 aliphatic carbocycles. The lowest BCUT2D eigenvalue weighted by Crippen LogP contribution is -2.33. The van der Waals surface area contributed by atoms with Gasteiger partial charge in [0.15, 0.2) is 5.69 Å². The van der Waals surface area contributed by atoms with E-state index in [2.05, 4.69) is 52.4 Å². The van der Waals surface area contributed by atoms with Crippen molar-refractivity contribution in [3.05, 3.63) is 64.7 Å². The normalized spacial score (nSPS) is 14.4. The first-order chi connectivity index (χ1) is 12.5. The number of carboxylic acids is 1. The third-order valence-electron chi connectivity index (χ3n) is 4.67. The minimum absolute atomic E-state index is 0.119. The van der Waals surface area contributed by atoms with Crippen LogP contribution in [-0.2, 0) is 19.6 Å². The number of benzene rings is 1. The molecule has 26 heavy (non-hydrogen) atoms. The molecule has 0 saturated heterocycles. The summed E-state index contributed by atoms with van der Waals surface area (Å²) in [4.78, 5) is 13.4. The van der Waals surface area contributed by atoms with Gasteiger partial charge in [-0.25, -0.2) is 9.48 Å². The van der Waals surface area contributed by atoms with Crippen LogP contribution in [0.25, 0.3) is 5.69 Å². The van der Waals surface area contributed by atoms with Gasteiger partial charge in [-0.15, -0.1) is 0 Å². The molecule has 3 heterocycles. The molecule has 0 bridgehead atoms. The van der Waals surface area contributed by atoms with Crippen molar-refractivity contribution in [3.8, 4) is 5.69 Å². The molecule has 0 fully saturated rings. The van der Waals surface area contributed by atoms with Crippen LogP contribution in [0.2, 0.25) is 0 Å². The van der Waals surface area contributed by atoms with E-state index < -0.39 is 5.97 Å². The lowest BCUT2D eigenvalue weighted by molar-refractivity contribution is 0.0689. The molecule has 7 heteroatoms. The van der Waals surface area contributed by atoms with Crippen molar-refractivity contribution in [1.29, 1.82) is 0 Å². The summed E-state index contributed by atoms with van der Waals surface area (Å²) in [7, 11) is 0. The maximum absolute atomic E-state index is 11.1. The van der Waals surface area contributed by atoms with Gasteiger partial charge in [0.1, 0.15) is 0 Å². The first-order valence-corrected chi connectivity index (χ1v) is 8.64. The van der Waals surface area contributed by atoms with E-state index in [0.29, 0.717) is 13.1 Å². The maximum Gasteiger partial charge on any atom is 0.356 e. The van der Waals surface area contributed by atoms with Crippen LogP contribution in [0.3, 0.4) is 0 Å². The molecule has 7 nitrogen and oxygen atoms in total. The second kappa shape index (κ2) is 6.42. The minimum atomic E-state index is -0.976. The van der Waals surface area contributed by atoms with E-state index >= 15 is 0 Å². The Labute approximate surface area is 151 Å². The van der Waals surface area contributed by atoms with E-state index in [-0.39, 0.29) is 5.69 Å². The Hall–Kier alpha value is -2.93. The summed E-state index contributed by atoms with van der Waals surface area (Å²) in [5, 5.41) is 17.8. The summed E-state index contributed by atoms with van der Waals surface area (Å²) >= 11 is 0. The van der Waals surface area contributed by atoms with Crippen molar-refractivity contribution < 1.29 is 9.90 Å². The molecule has 134 valence electrons. The quantitative estimate of drug-likeness (QED) is 0.781. The van der Waals surface area contributed by atoms with Crippen molar-refractivity contribution >= 4 is 5.97 Å². The number of fused-ring (bicyclic) bond motifs is 1. The van der Waals surface area contributed by atoms with Gasteiger partial charge < -0.3 is 5.11 Å². The zero-order valence-electron chi connectivity index (χ0n) is 14.9. The molecule has 0 amide bonds. The van der Waals surface area contributed by atoms with E-state index in [1.807, 2.05) is 11.6 Å². The lowest BCUT2D eigenvalue weighted by atomic mass is 10.1. The zero-order chi connectivity index (χ0) is 18.3. The minimum Gasteiger partial charge on any atom is -0.476 e. The van der Waals surface area contributed by atoms with Crippen molar-refractivity contribution in [1.82, 2.24) is 24.5 Å². The van der Waals surface area contributed by atoms with Crippen LogP contribution in [0.1, 0.15) is 33.1 Å². The molecule has 4 rings (SSSR count). The van der Waals surface area contributed by atoms with Crippen molar-refractivity contribution in [2.75, 3.05) is 6.54 Å². The van der Waals surface area contributed by atoms with Crippen molar-refractivity contribution in [2.24, 2.45) is 0 Å². The molecule has 1 N–H and O–H groups in total. The molecule has 1 aliphatic heterocycles. The molecule has 0 radical (unpaired) electrons. The Morgan fingerprint density at radius 1 is 1.15 bits per heavy atom. The molecule has 2 aromatic heterocycles. The lowest BCUT2D eigenvalue weighted by Gasteiger charge is -2.27. The van der Waals surface area contributed by atoms with Gasteiger partial charge in [0.25, 0.3) is 0 Å². The molecule has 3 aromatic rings. The summed E-state index contributed by atoms with van der Waals surface area (Å²) < 4.78 is 3.76. The summed E-state index contributed by atoms with van der Waals surface area (Å²) in [6.45, 7) is 7.11. The van der Waals surface area contributed by atoms with Gasteiger partial charge in [0.2, 0.25) is 0 Å². The summed E-state index contributed by atoms with van der Waals surface area (Å²) in [6.07, 6.45) is 0. The number of aromatic nitrogens is 4. The molecule has 0 spiro atoms. The maximum atomic E-state index is 11.1. The Balaban J connectivity index is 1.52. The number of aromatic carboxylic acids is 1. The van der Waals surface area contributed by atoms with Crippen LogP contribution in [0, 0.1) is 13.8 Å². The standard InChI is InChI=1S/C19H21N5O2/c1-13-8-14(2)24(20-13)16-5-3-4-15(9-16)11-22-6-7-23-17(12-22)10-18(21-23)19(25)26/h3-5,8-10H,6-7,11-12H2,1-2H3,(H,25,26). The van der Waals surface area contributed by atoms with Crippen LogP contribution in [0.15, 0.2) is 36.4 Å². The van der Waals surface area contributed by atoms with Crippen LogP contribution >= 0.6 is 0 Å². The average molecular weight is 351 g/mol. The van der Waals surface area contributed by atoms with Gasteiger partial charge in [-0.1, -0.05) is 12.1 Å². The smallest absolute Gasteiger partial charge is 0.356 e. The number of nitrogens with zero attached hydrogens (tertiary/aromatic N) is 5. The van der Waals surface area contributed by atoms with Crippen LogP contribution in [0.5, 0.6) is 0 Å². The fraction of sp³-hybridized carbons (Fsp3) is 0.316. The van der Waals surface area contributed by atoms with Gasteiger partial charge in [0.05, 0.1) is 23.6 Å². The second-order valence-electron chi connectivity index (χ2n) is 6.77. The Bertz CT molecular complexity index is 972. The predicted molar refractivity (Wildman–Crippen MR) is 96.3 cm³/mol. The third kappa shape index (κ3) is 3.13. The average Bonchev–Trinajstić information content (AvgIpc) is 3.17. The monoisotopic (exact) mass is 351 g/mol. The highest BCUT2D eigenvalue weighted by Gasteiger charge is 2.20. The van der Waals surface area contributed by atoms with E-state index in [1.165, 1.54) is 5.56 Å². The van der Waals surface area contributed by atoms with Gasteiger partial charge in [0, 0.05) is 25.3 Å². The molecule has 0 unspecified atom stereocenters. The number of carbonyl (C=O) groups is 1. The van der Waals surface area contributed by atoms with E-state index in [1.54, 1.807) is 10.7 Å². The van der Waals surface area contributed by atoms with Gasteiger partial charge in [-0.2, -0.15) is 10.2 Å². The molecule has 0 saturated carbocycles. The molecule has 0 atom stereocenters. The Morgan fingerprint density at radius 2 is 2.00 bits per heavy atom. The number of carboxylic acid groups (broad SMARTS) is 1. The fourth-order valence-corrected chi connectivity index (χ4v) is 3.50. The number of hydrogen-bond acceptors (Lipinski definition) is 4. The molecular formula is C19H21N5O2. The fourth-order valence-electron chi connectivity index (χ4n) is 3.50. The van der Waals surface area contributed by atoms with Crippen LogP contribution in [0.4, 0.5) is 0 Å². The Kier molecular flexibility index (Phi) is 4.08. The number of hydrogen-bond donors (Lipinski definition) is 1. The first-order valence-electron chi connectivity index (χ1n) is 8.64. The van der Waals surface area contributed by atoms with Crippen molar-refractivity contribution in [3.63, 3.8) is 0 Å². The van der Waals surface area contributed by atoms with Crippen LogP contribution < -0.4 is 0 Å². The predicted octanol–water partition coefficient (Wildman–Crippen LogP) is 2.40. The first kappa shape index (κ1) is 16.5. The van der Waals surface area contributed by atoms with Crippen LogP contribution in [-0.4, -0.2) is 42.1 Å². The number of rotatable bonds is 4. The van der Waals surface area contributed by atoms with Gasteiger partial charge in [-0.3, -0.25) is 9.58 Å².